The molecule has 0 aliphatic carbocycles. The van der Waals surface area contributed by atoms with Gasteiger partial charge < -0.3 is 10.1 Å². The monoisotopic (exact) mass is 337 g/mol. The van der Waals surface area contributed by atoms with Crippen molar-refractivity contribution in [3.05, 3.63) is 36.4 Å². The van der Waals surface area contributed by atoms with Crippen LogP contribution in [0.15, 0.2) is 36.4 Å². The van der Waals surface area contributed by atoms with Crippen molar-refractivity contribution in [3.8, 4) is 5.75 Å². The van der Waals surface area contributed by atoms with Crippen LogP contribution in [-0.4, -0.2) is 43.6 Å². The number of nitrogens with zero attached hydrogens (tertiary/aromatic N) is 3. The van der Waals surface area contributed by atoms with Gasteiger partial charge in [-0.25, -0.2) is 0 Å². The number of aromatic nitrogens is 2. The van der Waals surface area contributed by atoms with Crippen LogP contribution >= 0.6 is 0 Å². The molecule has 0 atom stereocenters. The van der Waals surface area contributed by atoms with E-state index in [0.29, 0.717) is 12.4 Å². The van der Waals surface area contributed by atoms with E-state index in [4.69, 9.17) is 4.74 Å². The fourth-order valence-corrected chi connectivity index (χ4v) is 2.18. The van der Waals surface area contributed by atoms with E-state index in [1.807, 2.05) is 31.2 Å². The van der Waals surface area contributed by atoms with E-state index in [0.717, 1.165) is 15.7 Å². The van der Waals surface area contributed by atoms with Gasteiger partial charge in [0, 0.05) is 19.8 Å². The Morgan fingerprint density at radius 1 is 1.04 bits per heavy atom. The number of hydrogen-bond donors (Lipinski definition) is 2. The third-order valence-electron chi connectivity index (χ3n) is 2.82. The molecular formula is C14H19N5O3S. The Morgan fingerprint density at radius 2 is 1.65 bits per heavy atom. The zero-order chi connectivity index (χ0) is 16.9. The summed E-state index contributed by atoms with van der Waals surface area (Å²) in [7, 11) is -0.730. The maximum absolute atomic E-state index is 11.7. The molecule has 2 rings (SSSR count). The quantitative estimate of drug-likeness (QED) is 0.800. The smallest absolute Gasteiger partial charge is 0.302 e. The summed E-state index contributed by atoms with van der Waals surface area (Å²) in [4.78, 5) is 0. The highest BCUT2D eigenvalue weighted by atomic mass is 32.2. The van der Waals surface area contributed by atoms with Crippen LogP contribution in [-0.2, 0) is 10.2 Å². The van der Waals surface area contributed by atoms with E-state index < -0.39 is 10.2 Å². The van der Waals surface area contributed by atoms with E-state index >= 15 is 0 Å². The van der Waals surface area contributed by atoms with E-state index in [2.05, 4.69) is 20.2 Å². The van der Waals surface area contributed by atoms with Crippen molar-refractivity contribution >= 4 is 27.5 Å². The molecule has 0 aliphatic rings. The van der Waals surface area contributed by atoms with Gasteiger partial charge in [0.1, 0.15) is 5.75 Å². The Hall–Kier alpha value is -2.39. The first-order valence-corrected chi connectivity index (χ1v) is 8.38. The highest BCUT2D eigenvalue weighted by Crippen LogP contribution is 2.19. The predicted molar refractivity (Wildman–Crippen MR) is 89.2 cm³/mol. The fraction of sp³-hybridized carbons (Fsp3) is 0.286. The predicted octanol–water partition coefficient (Wildman–Crippen LogP) is 1.84. The van der Waals surface area contributed by atoms with Crippen LogP contribution in [0.4, 0.5) is 17.3 Å². The Bertz CT molecular complexity index is 730. The minimum absolute atomic E-state index is 0.149. The van der Waals surface area contributed by atoms with Crippen LogP contribution in [0.25, 0.3) is 0 Å². The molecule has 0 spiro atoms. The van der Waals surface area contributed by atoms with Crippen LogP contribution in [0.5, 0.6) is 5.75 Å². The molecule has 0 amide bonds. The van der Waals surface area contributed by atoms with E-state index in [9.17, 15) is 8.42 Å². The average Bonchev–Trinajstić information content (AvgIpc) is 2.51. The summed E-state index contributed by atoms with van der Waals surface area (Å²) in [5.41, 5.74) is 0.823. The third kappa shape index (κ3) is 4.80. The molecule has 0 unspecified atom stereocenters. The van der Waals surface area contributed by atoms with Gasteiger partial charge in [0.25, 0.3) is 0 Å². The zero-order valence-electron chi connectivity index (χ0n) is 13.1. The van der Waals surface area contributed by atoms with Gasteiger partial charge >= 0.3 is 10.2 Å². The van der Waals surface area contributed by atoms with E-state index in [1.165, 1.54) is 20.2 Å². The Kier molecular flexibility index (Phi) is 5.35. The van der Waals surface area contributed by atoms with Gasteiger partial charge in [0.2, 0.25) is 0 Å². The van der Waals surface area contributed by atoms with Gasteiger partial charge in [0.15, 0.2) is 11.6 Å². The molecule has 2 aromatic rings. The molecule has 2 N–H and O–H groups in total. The molecule has 23 heavy (non-hydrogen) atoms. The summed E-state index contributed by atoms with van der Waals surface area (Å²) in [5, 5.41) is 10.8. The third-order valence-corrected chi connectivity index (χ3v) is 4.25. The van der Waals surface area contributed by atoms with Crippen LogP contribution in [0.1, 0.15) is 6.92 Å². The molecule has 1 aromatic carbocycles. The maximum Gasteiger partial charge on any atom is 0.302 e. The second-order valence-electron chi connectivity index (χ2n) is 4.78. The normalized spacial score (nSPS) is 11.3. The molecule has 0 radical (unpaired) electrons. The van der Waals surface area contributed by atoms with Crippen molar-refractivity contribution in [1.29, 1.82) is 0 Å². The maximum atomic E-state index is 11.7. The number of anilines is 3. The van der Waals surface area contributed by atoms with Gasteiger partial charge in [0.05, 0.1) is 6.61 Å². The lowest BCUT2D eigenvalue weighted by Gasteiger charge is -2.12. The topological polar surface area (TPSA) is 96.5 Å². The molecule has 9 heteroatoms. The summed E-state index contributed by atoms with van der Waals surface area (Å²) in [6.45, 7) is 2.54. The molecule has 0 fully saturated rings. The lowest BCUT2D eigenvalue weighted by atomic mass is 10.3. The van der Waals surface area contributed by atoms with E-state index in [-0.39, 0.29) is 5.82 Å². The molecule has 8 nitrogen and oxygen atoms in total. The Balaban J connectivity index is 2.02. The number of nitrogens with one attached hydrogen (secondary N) is 2. The summed E-state index contributed by atoms with van der Waals surface area (Å²) in [5.74, 6) is 1.44. The highest BCUT2D eigenvalue weighted by molar-refractivity contribution is 7.90. The van der Waals surface area contributed by atoms with Crippen molar-refractivity contribution in [2.75, 3.05) is 30.7 Å². The van der Waals surface area contributed by atoms with Gasteiger partial charge in [-0.2, -0.15) is 12.7 Å². The fourth-order valence-electron chi connectivity index (χ4n) is 1.63. The highest BCUT2D eigenvalue weighted by Gasteiger charge is 2.13. The van der Waals surface area contributed by atoms with Crippen LogP contribution in [0, 0.1) is 0 Å². The van der Waals surface area contributed by atoms with Crippen molar-refractivity contribution < 1.29 is 13.2 Å². The minimum atomic E-state index is -3.59. The van der Waals surface area contributed by atoms with Gasteiger partial charge in [-0.3, -0.25) is 4.72 Å². The average molecular weight is 337 g/mol. The number of ether oxygens (including phenoxy) is 1. The largest absolute Gasteiger partial charge is 0.494 e. The Morgan fingerprint density at radius 3 is 2.17 bits per heavy atom. The molecule has 1 heterocycles. The van der Waals surface area contributed by atoms with Crippen molar-refractivity contribution in [1.82, 2.24) is 14.5 Å². The summed E-state index contributed by atoms with van der Waals surface area (Å²) in [6.07, 6.45) is 0. The second kappa shape index (κ2) is 7.25. The van der Waals surface area contributed by atoms with Crippen molar-refractivity contribution in [2.24, 2.45) is 0 Å². The zero-order valence-corrected chi connectivity index (χ0v) is 14.0. The number of benzene rings is 1. The molecule has 124 valence electrons. The second-order valence-corrected chi connectivity index (χ2v) is 6.66. The first-order valence-electron chi connectivity index (χ1n) is 6.94. The lowest BCUT2D eigenvalue weighted by Crippen LogP contribution is -2.29. The summed E-state index contributed by atoms with van der Waals surface area (Å²) in [6, 6.07) is 10.6. The molecule has 0 saturated carbocycles. The van der Waals surface area contributed by atoms with E-state index in [1.54, 1.807) is 6.07 Å². The Labute approximate surface area is 135 Å². The molecule has 0 bridgehead atoms. The number of rotatable bonds is 7. The SMILES string of the molecule is CCOc1ccc(Nc2ccc(NS(=O)(=O)N(C)C)nn2)cc1. The van der Waals surface area contributed by atoms with Gasteiger partial charge in [-0.1, -0.05) is 0 Å². The van der Waals surface area contributed by atoms with Gasteiger partial charge in [-0.05, 0) is 43.3 Å². The van der Waals surface area contributed by atoms with Crippen LogP contribution < -0.4 is 14.8 Å². The van der Waals surface area contributed by atoms with Crippen molar-refractivity contribution in [2.45, 2.75) is 6.92 Å². The molecule has 0 aliphatic heterocycles. The van der Waals surface area contributed by atoms with Crippen LogP contribution in [0.2, 0.25) is 0 Å². The lowest BCUT2D eigenvalue weighted by molar-refractivity contribution is 0.340. The first kappa shape index (κ1) is 17.0. The first-order chi connectivity index (χ1) is 10.9. The standard InChI is InChI=1S/C14H19N5O3S/c1-4-22-12-7-5-11(6-8-12)15-13-9-10-14(17-16-13)18-23(20,21)19(2)3/h5-10H,4H2,1-3H3,(H,15,16)(H,17,18). The van der Waals surface area contributed by atoms with Crippen molar-refractivity contribution in [3.63, 3.8) is 0 Å². The number of hydrogen-bond acceptors (Lipinski definition) is 6. The van der Waals surface area contributed by atoms with Gasteiger partial charge in [-0.15, -0.1) is 10.2 Å². The molecular weight excluding hydrogens is 318 g/mol. The summed E-state index contributed by atoms with van der Waals surface area (Å²) < 4.78 is 32.1. The minimum Gasteiger partial charge on any atom is -0.494 e. The van der Waals surface area contributed by atoms with Crippen LogP contribution in [0.3, 0.4) is 0 Å². The molecule has 1 aromatic heterocycles. The molecule has 0 saturated heterocycles. The summed E-state index contributed by atoms with van der Waals surface area (Å²) >= 11 is 0.